The Morgan fingerprint density at radius 1 is 1.18 bits per heavy atom. The van der Waals surface area contributed by atoms with E-state index in [9.17, 15) is 19.7 Å². The molecule has 0 spiro atoms. The minimum absolute atomic E-state index is 0.0141. The number of nitrogens with zero attached hydrogens (tertiary/aromatic N) is 2. The molecular weight excluding hydrogens is 366 g/mol. The van der Waals surface area contributed by atoms with Crippen LogP contribution in [-0.2, 0) is 9.53 Å². The Hall–Kier alpha value is -3.62. The number of carbonyl (C=O) groups excluding carboxylic acids is 2. The molecule has 0 radical (unpaired) electrons. The average Bonchev–Trinajstić information content (AvgIpc) is 2.67. The molecule has 2 aromatic carbocycles. The first-order valence-corrected chi connectivity index (χ1v) is 8.48. The maximum absolute atomic E-state index is 12.2. The van der Waals surface area contributed by atoms with E-state index in [0.29, 0.717) is 23.7 Å². The van der Waals surface area contributed by atoms with E-state index in [1.807, 2.05) is 6.92 Å². The fraction of sp³-hybridized carbons (Fsp3) is 0.263. The molecule has 2 rings (SSSR count). The summed E-state index contributed by atoms with van der Waals surface area (Å²) in [5.74, 6) is -0.888. The van der Waals surface area contributed by atoms with E-state index >= 15 is 0 Å². The van der Waals surface area contributed by atoms with Crippen LogP contribution in [0.2, 0.25) is 0 Å². The first-order valence-electron chi connectivity index (χ1n) is 8.48. The van der Waals surface area contributed by atoms with Gasteiger partial charge in [-0.15, -0.1) is 0 Å². The number of amides is 1. The number of carbonyl (C=O) groups is 2. The van der Waals surface area contributed by atoms with E-state index in [-0.39, 0.29) is 11.3 Å². The van der Waals surface area contributed by atoms with E-state index in [4.69, 9.17) is 9.47 Å². The molecule has 0 atom stereocenters. The molecule has 9 heteroatoms. The zero-order valence-electron chi connectivity index (χ0n) is 15.8. The van der Waals surface area contributed by atoms with Gasteiger partial charge in [-0.25, -0.2) is 4.79 Å². The number of nitrogens with one attached hydrogen (secondary N) is 1. The molecular formula is C19H21N3O6. The van der Waals surface area contributed by atoms with Gasteiger partial charge in [0.1, 0.15) is 11.4 Å². The molecule has 0 aliphatic rings. The summed E-state index contributed by atoms with van der Waals surface area (Å²) in [6.07, 6.45) is 0. The number of esters is 1. The summed E-state index contributed by atoms with van der Waals surface area (Å²) in [5.41, 5.74) is 0.567. The molecule has 2 aromatic rings. The van der Waals surface area contributed by atoms with Gasteiger partial charge in [-0.3, -0.25) is 14.9 Å². The average molecular weight is 387 g/mol. The Bertz CT molecular complexity index is 882. The summed E-state index contributed by atoms with van der Waals surface area (Å²) >= 11 is 0. The van der Waals surface area contributed by atoms with Gasteiger partial charge in [0, 0.05) is 20.2 Å². The minimum atomic E-state index is -0.832. The minimum Gasteiger partial charge on any atom is -0.492 e. The third-order valence-corrected chi connectivity index (χ3v) is 3.68. The van der Waals surface area contributed by atoms with E-state index in [0.717, 1.165) is 6.07 Å². The Morgan fingerprint density at radius 3 is 2.54 bits per heavy atom. The van der Waals surface area contributed by atoms with Crippen LogP contribution in [0.5, 0.6) is 5.75 Å². The summed E-state index contributed by atoms with van der Waals surface area (Å²) in [5, 5.41) is 13.8. The van der Waals surface area contributed by atoms with Crippen molar-refractivity contribution < 1.29 is 24.0 Å². The van der Waals surface area contributed by atoms with Crippen LogP contribution in [0.25, 0.3) is 0 Å². The summed E-state index contributed by atoms with van der Waals surface area (Å²) in [6, 6.07) is 10.9. The Kier molecular flexibility index (Phi) is 6.91. The van der Waals surface area contributed by atoms with Crippen LogP contribution in [0.1, 0.15) is 17.3 Å². The third kappa shape index (κ3) is 5.19. The van der Waals surface area contributed by atoms with E-state index < -0.39 is 23.4 Å². The maximum atomic E-state index is 12.2. The van der Waals surface area contributed by atoms with Crippen molar-refractivity contribution in [2.75, 3.05) is 37.5 Å². The molecule has 1 N–H and O–H groups in total. The molecule has 9 nitrogen and oxygen atoms in total. The molecule has 0 unspecified atom stereocenters. The van der Waals surface area contributed by atoms with Crippen molar-refractivity contribution in [2.45, 2.75) is 6.92 Å². The molecule has 0 aromatic heterocycles. The summed E-state index contributed by atoms with van der Waals surface area (Å²) in [7, 11) is 3.32. The fourth-order valence-corrected chi connectivity index (χ4v) is 2.43. The van der Waals surface area contributed by atoms with Crippen LogP contribution in [-0.4, -0.2) is 44.1 Å². The number of nitro groups is 1. The number of benzene rings is 2. The predicted octanol–water partition coefficient (Wildman–Crippen LogP) is 2.86. The van der Waals surface area contributed by atoms with Crippen molar-refractivity contribution in [2.24, 2.45) is 0 Å². The van der Waals surface area contributed by atoms with Crippen molar-refractivity contribution >= 4 is 28.9 Å². The van der Waals surface area contributed by atoms with Gasteiger partial charge < -0.3 is 19.7 Å². The van der Waals surface area contributed by atoms with Crippen molar-refractivity contribution in [3.05, 3.63) is 58.1 Å². The second-order valence-electron chi connectivity index (χ2n) is 5.91. The Morgan fingerprint density at radius 2 is 1.89 bits per heavy atom. The van der Waals surface area contributed by atoms with Crippen molar-refractivity contribution in [1.29, 1.82) is 0 Å². The first-order chi connectivity index (χ1) is 13.3. The van der Waals surface area contributed by atoms with Crippen LogP contribution in [0.3, 0.4) is 0 Å². The Labute approximate surface area is 162 Å². The number of ether oxygens (including phenoxy) is 2. The SMILES string of the molecule is CCOc1ccccc1NC(=O)COC(=O)c1ccc(N(C)C)c([N+](=O)[O-])c1. The molecule has 0 bridgehead atoms. The zero-order valence-corrected chi connectivity index (χ0v) is 15.8. The largest absolute Gasteiger partial charge is 0.492 e. The maximum Gasteiger partial charge on any atom is 0.338 e. The predicted molar refractivity (Wildman–Crippen MR) is 104 cm³/mol. The number of hydrogen-bond donors (Lipinski definition) is 1. The molecule has 1 amide bonds. The van der Waals surface area contributed by atoms with Gasteiger partial charge in [-0.05, 0) is 31.2 Å². The molecule has 0 aliphatic carbocycles. The monoisotopic (exact) mass is 387 g/mol. The number of rotatable bonds is 8. The van der Waals surface area contributed by atoms with Crippen LogP contribution < -0.4 is 15.0 Å². The highest BCUT2D eigenvalue weighted by atomic mass is 16.6. The fourth-order valence-electron chi connectivity index (χ4n) is 2.43. The van der Waals surface area contributed by atoms with Crippen LogP contribution in [0.4, 0.5) is 17.1 Å². The number of nitro benzene ring substituents is 1. The number of anilines is 2. The molecule has 0 saturated carbocycles. The van der Waals surface area contributed by atoms with Gasteiger partial charge >= 0.3 is 5.97 Å². The topological polar surface area (TPSA) is 111 Å². The summed E-state index contributed by atoms with van der Waals surface area (Å²) in [6.45, 7) is 1.72. The lowest BCUT2D eigenvalue weighted by Gasteiger charge is -2.13. The Balaban J connectivity index is 2.03. The van der Waals surface area contributed by atoms with Gasteiger partial charge in [0.2, 0.25) is 0 Å². The smallest absolute Gasteiger partial charge is 0.338 e. The van der Waals surface area contributed by atoms with Gasteiger partial charge in [-0.1, -0.05) is 12.1 Å². The highest BCUT2D eigenvalue weighted by molar-refractivity contribution is 5.97. The normalized spacial score (nSPS) is 10.1. The lowest BCUT2D eigenvalue weighted by molar-refractivity contribution is -0.384. The highest BCUT2D eigenvalue weighted by Gasteiger charge is 2.20. The van der Waals surface area contributed by atoms with Crippen molar-refractivity contribution in [3.8, 4) is 5.75 Å². The van der Waals surface area contributed by atoms with Gasteiger partial charge in [0.15, 0.2) is 6.61 Å². The molecule has 0 fully saturated rings. The van der Waals surface area contributed by atoms with E-state index in [1.165, 1.54) is 12.1 Å². The summed E-state index contributed by atoms with van der Waals surface area (Å²) < 4.78 is 10.4. The standard InChI is InChI=1S/C19H21N3O6/c1-4-27-17-8-6-5-7-14(17)20-18(23)12-28-19(24)13-9-10-15(21(2)3)16(11-13)22(25)26/h5-11H,4,12H2,1-3H3,(H,20,23). The highest BCUT2D eigenvalue weighted by Crippen LogP contribution is 2.28. The lowest BCUT2D eigenvalue weighted by Crippen LogP contribution is -2.21. The molecule has 28 heavy (non-hydrogen) atoms. The first kappa shape index (κ1) is 20.7. The third-order valence-electron chi connectivity index (χ3n) is 3.68. The van der Waals surface area contributed by atoms with Gasteiger partial charge in [-0.2, -0.15) is 0 Å². The van der Waals surface area contributed by atoms with E-state index in [2.05, 4.69) is 5.32 Å². The molecule has 0 aliphatic heterocycles. The van der Waals surface area contributed by atoms with Gasteiger partial charge in [0.25, 0.3) is 11.6 Å². The molecule has 0 saturated heterocycles. The number of para-hydroxylation sites is 2. The molecule has 0 heterocycles. The zero-order chi connectivity index (χ0) is 20.7. The second-order valence-corrected chi connectivity index (χ2v) is 5.91. The van der Waals surface area contributed by atoms with Crippen LogP contribution in [0.15, 0.2) is 42.5 Å². The van der Waals surface area contributed by atoms with Crippen LogP contribution >= 0.6 is 0 Å². The quantitative estimate of drug-likeness (QED) is 0.421. The van der Waals surface area contributed by atoms with Crippen molar-refractivity contribution in [3.63, 3.8) is 0 Å². The lowest BCUT2D eigenvalue weighted by atomic mass is 10.1. The van der Waals surface area contributed by atoms with Crippen LogP contribution in [0, 0.1) is 10.1 Å². The number of hydrogen-bond acceptors (Lipinski definition) is 7. The molecule has 148 valence electrons. The van der Waals surface area contributed by atoms with Gasteiger partial charge in [0.05, 0.1) is 22.8 Å². The second kappa shape index (κ2) is 9.36. The van der Waals surface area contributed by atoms with E-state index in [1.54, 1.807) is 43.3 Å². The van der Waals surface area contributed by atoms with Crippen molar-refractivity contribution in [1.82, 2.24) is 0 Å². The summed E-state index contributed by atoms with van der Waals surface area (Å²) in [4.78, 5) is 36.4.